The number of carbonyl (C=O) groups is 1. The number of nitrogens with two attached hydrogens (primary N) is 1. The largest absolute Gasteiger partial charge is 0.382 e. The molecule has 1 aliphatic rings. The zero-order valence-electron chi connectivity index (χ0n) is 19.3. The number of fused-ring (bicyclic) bond motifs is 2. The van der Waals surface area contributed by atoms with Gasteiger partial charge < -0.3 is 5.73 Å². The first-order valence-corrected chi connectivity index (χ1v) is 11.4. The second-order valence-electron chi connectivity index (χ2n) is 8.63. The third kappa shape index (κ3) is 3.70. The molecule has 0 bridgehead atoms. The molecule has 0 aliphatic carbocycles. The second kappa shape index (κ2) is 8.46. The molecule has 4 heterocycles. The van der Waals surface area contributed by atoms with Crippen LogP contribution in [0.4, 0.5) is 15.9 Å². The molecule has 0 saturated carbocycles. The number of ketones is 1. The van der Waals surface area contributed by atoms with Crippen molar-refractivity contribution in [2.75, 3.05) is 5.73 Å². The molecule has 0 amide bonds. The Labute approximate surface area is 205 Å². The van der Waals surface area contributed by atoms with E-state index in [2.05, 4.69) is 25.0 Å². The van der Waals surface area contributed by atoms with Crippen LogP contribution in [0.25, 0.3) is 22.6 Å². The van der Waals surface area contributed by atoms with Gasteiger partial charge in [-0.15, -0.1) is 0 Å². The van der Waals surface area contributed by atoms with Crippen molar-refractivity contribution in [2.24, 2.45) is 4.99 Å². The van der Waals surface area contributed by atoms with E-state index in [0.717, 1.165) is 11.1 Å². The highest BCUT2D eigenvalue weighted by Crippen LogP contribution is 2.33. The third-order valence-corrected chi connectivity index (χ3v) is 6.12. The van der Waals surface area contributed by atoms with Crippen LogP contribution in [0.3, 0.4) is 0 Å². The highest BCUT2D eigenvalue weighted by molar-refractivity contribution is 6.47. The number of carbonyl (C=O) groups excluding carboxylic acids is 1. The van der Waals surface area contributed by atoms with E-state index in [1.165, 1.54) is 6.07 Å². The van der Waals surface area contributed by atoms with Gasteiger partial charge in [-0.25, -0.2) is 29.0 Å². The van der Waals surface area contributed by atoms with E-state index in [1.807, 2.05) is 37.3 Å². The predicted octanol–water partition coefficient (Wildman–Crippen LogP) is 4.21. The molecule has 6 rings (SSSR count). The maximum Gasteiger partial charge on any atom is 0.187 e. The summed E-state index contributed by atoms with van der Waals surface area (Å²) in [4.78, 5) is 31.0. The predicted molar refractivity (Wildman–Crippen MR) is 135 cm³/mol. The van der Waals surface area contributed by atoms with E-state index in [-0.39, 0.29) is 36.2 Å². The lowest BCUT2D eigenvalue weighted by molar-refractivity contribution is -0.112. The Morgan fingerprint density at radius 2 is 1.83 bits per heavy atom. The van der Waals surface area contributed by atoms with Crippen LogP contribution in [0, 0.1) is 12.7 Å². The van der Waals surface area contributed by atoms with Gasteiger partial charge in [-0.05, 0) is 25.1 Å². The summed E-state index contributed by atoms with van der Waals surface area (Å²) in [5, 5.41) is 5.36. The van der Waals surface area contributed by atoms with Gasteiger partial charge in [0.2, 0.25) is 0 Å². The molecule has 0 atom stereocenters. The van der Waals surface area contributed by atoms with E-state index in [9.17, 15) is 9.18 Å². The molecule has 176 valence electrons. The average molecular weight is 478 g/mol. The average Bonchev–Trinajstić information content (AvgIpc) is 3.24. The van der Waals surface area contributed by atoms with Crippen molar-refractivity contribution in [3.8, 4) is 11.5 Å². The summed E-state index contributed by atoms with van der Waals surface area (Å²) in [6.45, 7) is 2.16. The van der Waals surface area contributed by atoms with Crippen LogP contribution in [0.15, 0.2) is 71.9 Å². The number of nitrogens with zero attached hydrogens (tertiary/aromatic N) is 6. The standard InChI is InChI=1S/C27H20FN7O/c1-15-8-10-16(11-9-15)22-21(36)13-20-24(32-22)25(29)33-26(31-20)23-18-6-4-12-30-27(18)35(34-23)14-17-5-2-3-7-19(17)28/h2-12H,13-14H2,1H3,(H2,29,31,33). The molecular weight excluding hydrogens is 457 g/mol. The molecule has 0 fully saturated rings. The van der Waals surface area contributed by atoms with Crippen molar-refractivity contribution in [3.05, 3.63) is 95.1 Å². The molecule has 5 aromatic rings. The number of hydrogen-bond acceptors (Lipinski definition) is 7. The Balaban J connectivity index is 1.45. The van der Waals surface area contributed by atoms with Crippen LogP contribution in [-0.4, -0.2) is 36.2 Å². The number of halogens is 1. The monoisotopic (exact) mass is 477 g/mol. The number of pyridine rings is 1. The smallest absolute Gasteiger partial charge is 0.187 e. The molecule has 9 heteroatoms. The molecule has 0 saturated heterocycles. The molecule has 2 aromatic carbocycles. The van der Waals surface area contributed by atoms with E-state index in [1.54, 1.807) is 35.1 Å². The van der Waals surface area contributed by atoms with Crippen molar-refractivity contribution >= 4 is 34.0 Å². The highest BCUT2D eigenvalue weighted by atomic mass is 19.1. The number of rotatable bonds is 4. The normalized spacial score (nSPS) is 13.1. The van der Waals surface area contributed by atoms with Crippen LogP contribution in [0.5, 0.6) is 0 Å². The molecule has 1 aliphatic heterocycles. The number of hydrogen-bond donors (Lipinski definition) is 1. The van der Waals surface area contributed by atoms with Gasteiger partial charge in [0.1, 0.15) is 22.9 Å². The van der Waals surface area contributed by atoms with E-state index in [0.29, 0.717) is 39.4 Å². The van der Waals surface area contributed by atoms with Gasteiger partial charge in [0.05, 0.1) is 24.0 Å². The first kappa shape index (κ1) is 21.7. The van der Waals surface area contributed by atoms with E-state index >= 15 is 0 Å². The lowest BCUT2D eigenvalue weighted by Gasteiger charge is -2.16. The minimum absolute atomic E-state index is 0.0495. The number of aliphatic imine (C=N–C) groups is 1. The molecule has 0 unspecified atom stereocenters. The Hall–Kier alpha value is -4.79. The molecule has 0 spiro atoms. The second-order valence-corrected chi connectivity index (χ2v) is 8.63. The van der Waals surface area contributed by atoms with Gasteiger partial charge in [-0.2, -0.15) is 5.10 Å². The summed E-state index contributed by atoms with van der Waals surface area (Å²) in [5.41, 5.74) is 10.8. The van der Waals surface area contributed by atoms with Crippen molar-refractivity contribution in [1.82, 2.24) is 24.7 Å². The topological polar surface area (TPSA) is 112 Å². The molecule has 0 radical (unpaired) electrons. The summed E-state index contributed by atoms with van der Waals surface area (Å²) < 4.78 is 15.9. The summed E-state index contributed by atoms with van der Waals surface area (Å²) >= 11 is 0. The molecule has 3 aromatic heterocycles. The minimum Gasteiger partial charge on any atom is -0.382 e. The van der Waals surface area contributed by atoms with Crippen molar-refractivity contribution < 1.29 is 9.18 Å². The first-order valence-electron chi connectivity index (χ1n) is 11.4. The summed E-state index contributed by atoms with van der Waals surface area (Å²) in [7, 11) is 0. The zero-order chi connectivity index (χ0) is 24.8. The van der Waals surface area contributed by atoms with E-state index < -0.39 is 0 Å². The van der Waals surface area contributed by atoms with Crippen LogP contribution >= 0.6 is 0 Å². The van der Waals surface area contributed by atoms with Crippen LogP contribution in [0.2, 0.25) is 0 Å². The number of aromatic nitrogens is 5. The van der Waals surface area contributed by atoms with Crippen LogP contribution < -0.4 is 5.73 Å². The lowest BCUT2D eigenvalue weighted by atomic mass is 9.98. The Kier molecular flexibility index (Phi) is 5.10. The SMILES string of the molecule is Cc1ccc(C2=Nc3c(N)nc(-c4nn(Cc5ccccc5F)c5ncccc45)nc3CC2=O)cc1. The van der Waals surface area contributed by atoms with Gasteiger partial charge >= 0.3 is 0 Å². The van der Waals surface area contributed by atoms with Gasteiger partial charge in [-0.3, -0.25) is 4.79 Å². The lowest BCUT2D eigenvalue weighted by Crippen LogP contribution is -2.23. The maximum absolute atomic E-state index is 14.3. The van der Waals surface area contributed by atoms with Crippen molar-refractivity contribution in [3.63, 3.8) is 0 Å². The summed E-state index contributed by atoms with van der Waals surface area (Å²) in [5.74, 6) is -0.0493. The van der Waals surface area contributed by atoms with E-state index in [4.69, 9.17) is 5.73 Å². The van der Waals surface area contributed by atoms with Gasteiger partial charge in [0.15, 0.2) is 23.1 Å². The fourth-order valence-corrected chi connectivity index (χ4v) is 4.29. The fraction of sp³-hybridized carbons (Fsp3) is 0.111. The molecule has 36 heavy (non-hydrogen) atoms. The van der Waals surface area contributed by atoms with Gasteiger partial charge in [0.25, 0.3) is 0 Å². The minimum atomic E-state index is -0.325. The molecule has 2 N–H and O–H groups in total. The number of benzene rings is 2. The molecular formula is C27H20FN7O. The number of aryl methyl sites for hydroxylation is 1. The van der Waals surface area contributed by atoms with Crippen LogP contribution in [-0.2, 0) is 17.8 Å². The zero-order valence-corrected chi connectivity index (χ0v) is 19.3. The van der Waals surface area contributed by atoms with Crippen molar-refractivity contribution in [1.29, 1.82) is 0 Å². The molecule has 8 nitrogen and oxygen atoms in total. The fourth-order valence-electron chi connectivity index (χ4n) is 4.29. The Morgan fingerprint density at radius 1 is 1.03 bits per heavy atom. The van der Waals surface area contributed by atoms with Crippen LogP contribution in [0.1, 0.15) is 22.4 Å². The number of nitrogen functional groups attached to an aromatic ring is 1. The van der Waals surface area contributed by atoms with Gasteiger partial charge in [-0.1, -0.05) is 48.0 Å². The summed E-state index contributed by atoms with van der Waals surface area (Å²) in [6.07, 6.45) is 1.70. The van der Waals surface area contributed by atoms with Crippen molar-refractivity contribution in [2.45, 2.75) is 19.9 Å². The number of Topliss-reactive ketones (excluding diaryl/α,β-unsaturated/α-hetero) is 1. The first-order chi connectivity index (χ1) is 17.5. The highest BCUT2D eigenvalue weighted by Gasteiger charge is 2.27. The Morgan fingerprint density at radius 3 is 2.64 bits per heavy atom. The summed E-state index contributed by atoms with van der Waals surface area (Å²) in [6, 6.07) is 17.7. The third-order valence-electron chi connectivity index (χ3n) is 6.12. The number of anilines is 1. The maximum atomic E-state index is 14.3. The van der Waals surface area contributed by atoms with Gasteiger partial charge in [0, 0.05) is 17.3 Å². The Bertz CT molecular complexity index is 1690. The quantitative estimate of drug-likeness (QED) is 0.415.